The monoisotopic (exact) mass is 420 g/mol. The van der Waals surface area contributed by atoms with E-state index in [1.807, 2.05) is 34.7 Å². The molecule has 1 saturated heterocycles. The summed E-state index contributed by atoms with van der Waals surface area (Å²) in [5.74, 6) is 3.89. The summed E-state index contributed by atoms with van der Waals surface area (Å²) >= 11 is 7.57. The Labute approximate surface area is 176 Å². The second-order valence-corrected chi connectivity index (χ2v) is 8.09. The molecule has 0 amide bonds. The van der Waals surface area contributed by atoms with Crippen LogP contribution in [0.4, 0.5) is 0 Å². The van der Waals surface area contributed by atoms with Crippen molar-refractivity contribution in [1.29, 1.82) is 0 Å². The fraction of sp³-hybridized carbons (Fsp3) is 0.500. The summed E-state index contributed by atoms with van der Waals surface area (Å²) < 4.78 is 15.4. The normalized spacial score (nSPS) is 14.9. The fourth-order valence-electron chi connectivity index (χ4n) is 3.08. The zero-order valence-electron chi connectivity index (χ0n) is 16.4. The number of allylic oxidation sites excluding steroid dienone is 1. The number of rotatable bonds is 10. The predicted molar refractivity (Wildman–Crippen MR) is 117 cm³/mol. The first-order valence-electron chi connectivity index (χ1n) is 9.49. The molecule has 152 valence electrons. The minimum Gasteiger partial charge on any atom is -0.497 e. The smallest absolute Gasteiger partial charge is 0.199 e. The average Bonchev–Trinajstić information content (AvgIpc) is 3.02. The zero-order valence-corrected chi connectivity index (χ0v) is 18.0. The van der Waals surface area contributed by atoms with Crippen LogP contribution in [0.25, 0.3) is 0 Å². The largest absolute Gasteiger partial charge is 0.497 e. The van der Waals surface area contributed by atoms with E-state index in [0.717, 1.165) is 67.2 Å². The average molecular weight is 421 g/mol. The van der Waals surface area contributed by atoms with E-state index >= 15 is 0 Å². The van der Waals surface area contributed by atoms with Crippen LogP contribution in [0.3, 0.4) is 0 Å². The lowest BCUT2D eigenvalue weighted by molar-refractivity contribution is 0.0209. The van der Waals surface area contributed by atoms with Crippen molar-refractivity contribution in [2.45, 2.75) is 25.4 Å². The van der Waals surface area contributed by atoms with Gasteiger partial charge in [-0.1, -0.05) is 18.2 Å². The van der Waals surface area contributed by atoms with Gasteiger partial charge in [0.25, 0.3) is 0 Å². The molecule has 1 aliphatic heterocycles. The highest BCUT2D eigenvalue weighted by molar-refractivity contribution is 7.98. The first-order chi connectivity index (χ1) is 13.7. The summed E-state index contributed by atoms with van der Waals surface area (Å²) in [7, 11) is 1.69. The molecule has 6 nitrogen and oxygen atoms in total. The fourth-order valence-corrected chi connectivity index (χ4v) is 4.26. The van der Waals surface area contributed by atoms with Crippen LogP contribution in [0.1, 0.15) is 11.4 Å². The van der Waals surface area contributed by atoms with E-state index in [1.54, 1.807) is 7.11 Å². The Hall–Kier alpha value is -1.61. The maximum atomic E-state index is 5.66. The molecule has 1 aromatic carbocycles. The Bertz CT molecular complexity index is 811. The highest BCUT2D eigenvalue weighted by Gasteiger charge is 2.15. The molecule has 0 atom stereocenters. The van der Waals surface area contributed by atoms with E-state index in [2.05, 4.69) is 28.2 Å². The minimum atomic E-state index is 0.695. The first kappa shape index (κ1) is 21.1. The molecule has 0 unspecified atom stereocenters. The number of ether oxygens (including phenoxy) is 2. The van der Waals surface area contributed by atoms with Gasteiger partial charge in [-0.2, -0.15) is 16.9 Å². The number of aromatic nitrogens is 3. The van der Waals surface area contributed by atoms with Crippen molar-refractivity contribution < 1.29 is 9.47 Å². The molecule has 1 aromatic heterocycles. The van der Waals surface area contributed by atoms with Gasteiger partial charge in [0.05, 0.1) is 27.0 Å². The number of hydrogen-bond acceptors (Lipinski definition) is 6. The van der Waals surface area contributed by atoms with Crippen LogP contribution in [0, 0.1) is 4.77 Å². The molecule has 28 heavy (non-hydrogen) atoms. The van der Waals surface area contributed by atoms with Gasteiger partial charge in [0, 0.05) is 37.6 Å². The first-order valence-corrected chi connectivity index (χ1v) is 11.1. The van der Waals surface area contributed by atoms with Gasteiger partial charge >= 0.3 is 0 Å². The summed E-state index contributed by atoms with van der Waals surface area (Å²) in [5.41, 5.74) is 1.30. The van der Waals surface area contributed by atoms with E-state index in [-0.39, 0.29) is 0 Å². The van der Waals surface area contributed by atoms with Crippen LogP contribution in [0.5, 0.6) is 5.75 Å². The van der Waals surface area contributed by atoms with E-state index in [1.165, 1.54) is 5.56 Å². The third-order valence-electron chi connectivity index (χ3n) is 4.65. The zero-order chi connectivity index (χ0) is 19.8. The molecule has 1 aliphatic rings. The second-order valence-electron chi connectivity index (χ2n) is 6.62. The Kier molecular flexibility index (Phi) is 8.14. The lowest BCUT2D eigenvalue weighted by Crippen LogP contribution is -2.37. The Morgan fingerprint density at radius 3 is 2.71 bits per heavy atom. The molecule has 0 saturated carbocycles. The van der Waals surface area contributed by atoms with Crippen molar-refractivity contribution in [3.05, 3.63) is 53.1 Å². The van der Waals surface area contributed by atoms with Gasteiger partial charge in [-0.05, 0) is 29.9 Å². The van der Waals surface area contributed by atoms with E-state index in [0.29, 0.717) is 6.54 Å². The molecule has 0 spiro atoms. The van der Waals surface area contributed by atoms with E-state index < -0.39 is 0 Å². The highest BCUT2D eigenvalue weighted by Crippen LogP contribution is 2.17. The SMILES string of the molecule is C=CCn1c(CCSCc2ccc(OC)cc2)nn(CN2CCOCC2)c1=S. The van der Waals surface area contributed by atoms with Crippen molar-refractivity contribution in [1.82, 2.24) is 19.2 Å². The van der Waals surface area contributed by atoms with E-state index in [9.17, 15) is 0 Å². The Balaban J connectivity index is 1.57. The molecule has 3 rings (SSSR count). The van der Waals surface area contributed by atoms with Crippen LogP contribution < -0.4 is 4.74 Å². The number of methoxy groups -OCH3 is 1. The molecule has 0 radical (unpaired) electrons. The molecule has 2 heterocycles. The van der Waals surface area contributed by atoms with Gasteiger partial charge in [0.2, 0.25) is 0 Å². The van der Waals surface area contributed by atoms with Crippen LogP contribution in [0.2, 0.25) is 0 Å². The summed E-state index contributed by atoms with van der Waals surface area (Å²) in [6.45, 7) is 8.67. The van der Waals surface area contributed by atoms with Gasteiger partial charge in [-0.25, -0.2) is 4.68 Å². The lowest BCUT2D eigenvalue weighted by atomic mass is 10.2. The van der Waals surface area contributed by atoms with Gasteiger partial charge in [-0.3, -0.25) is 4.90 Å². The van der Waals surface area contributed by atoms with Crippen LogP contribution in [-0.4, -0.2) is 58.4 Å². The molecule has 0 N–H and O–H groups in total. The van der Waals surface area contributed by atoms with Crippen molar-refractivity contribution in [2.24, 2.45) is 0 Å². The molecule has 2 aromatic rings. The summed E-state index contributed by atoms with van der Waals surface area (Å²) in [4.78, 5) is 2.33. The number of aryl methyl sites for hydroxylation is 1. The lowest BCUT2D eigenvalue weighted by Gasteiger charge is -2.26. The second kappa shape index (κ2) is 10.8. The molecule has 1 fully saturated rings. The van der Waals surface area contributed by atoms with Crippen molar-refractivity contribution in [3.63, 3.8) is 0 Å². The maximum absolute atomic E-state index is 5.66. The third kappa shape index (κ3) is 5.70. The van der Waals surface area contributed by atoms with Gasteiger partial charge < -0.3 is 14.0 Å². The van der Waals surface area contributed by atoms with E-state index in [4.69, 9.17) is 26.8 Å². The van der Waals surface area contributed by atoms with Crippen LogP contribution in [-0.2, 0) is 30.1 Å². The van der Waals surface area contributed by atoms with Crippen LogP contribution in [0.15, 0.2) is 36.9 Å². The summed E-state index contributed by atoms with van der Waals surface area (Å²) in [5, 5.41) is 4.81. The van der Waals surface area contributed by atoms with Crippen molar-refractivity contribution in [2.75, 3.05) is 39.2 Å². The van der Waals surface area contributed by atoms with Gasteiger partial charge in [0.15, 0.2) is 4.77 Å². The van der Waals surface area contributed by atoms with Crippen LogP contribution >= 0.6 is 24.0 Å². The third-order valence-corrected chi connectivity index (χ3v) is 6.11. The Morgan fingerprint density at radius 1 is 1.29 bits per heavy atom. The number of thioether (sulfide) groups is 1. The minimum absolute atomic E-state index is 0.695. The molecular weight excluding hydrogens is 392 g/mol. The van der Waals surface area contributed by atoms with Crippen molar-refractivity contribution >= 4 is 24.0 Å². The number of benzene rings is 1. The van der Waals surface area contributed by atoms with Gasteiger partial charge in [-0.15, -0.1) is 6.58 Å². The summed E-state index contributed by atoms with van der Waals surface area (Å²) in [6, 6.07) is 8.24. The highest BCUT2D eigenvalue weighted by atomic mass is 32.2. The molecule has 0 bridgehead atoms. The number of hydrogen-bond donors (Lipinski definition) is 0. The summed E-state index contributed by atoms with van der Waals surface area (Å²) in [6.07, 6.45) is 2.76. The molecule has 8 heteroatoms. The number of nitrogens with zero attached hydrogens (tertiary/aromatic N) is 4. The standard InChI is InChI=1S/C20H28N4O2S2/c1-3-9-23-19(8-14-28-15-17-4-6-18(25-2)7-5-17)21-24(20(23)27)16-22-10-12-26-13-11-22/h3-7H,1,8-16H2,2H3. The Morgan fingerprint density at radius 2 is 2.04 bits per heavy atom. The predicted octanol–water partition coefficient (Wildman–Crippen LogP) is 3.37. The molecule has 0 aliphatic carbocycles. The quantitative estimate of drug-likeness (QED) is 0.334. The number of morpholine rings is 1. The van der Waals surface area contributed by atoms with Crippen molar-refractivity contribution in [3.8, 4) is 5.75 Å². The maximum Gasteiger partial charge on any atom is 0.199 e. The van der Waals surface area contributed by atoms with Gasteiger partial charge in [0.1, 0.15) is 11.6 Å². The molecular formula is C20H28N4O2S2. The topological polar surface area (TPSA) is 44.5 Å².